The smallest absolute Gasteiger partial charge is 0.412 e. The molecule has 0 radical (unpaired) electrons. The van der Waals surface area contributed by atoms with Gasteiger partial charge in [0.2, 0.25) is 5.91 Å². The van der Waals surface area contributed by atoms with Crippen molar-refractivity contribution in [2.24, 2.45) is 5.92 Å². The number of Topliss-reactive ketones (excluding diaryl/α,β-unsaturated/α-hetero) is 1. The minimum atomic E-state index is -0.798. The van der Waals surface area contributed by atoms with Gasteiger partial charge in [-0.25, -0.2) is 4.79 Å². The number of nitrogens with zero attached hydrogens (tertiary/aromatic N) is 2. The highest BCUT2D eigenvalue weighted by Crippen LogP contribution is 2.27. The van der Waals surface area contributed by atoms with Crippen LogP contribution in [0.2, 0.25) is 0 Å². The van der Waals surface area contributed by atoms with Gasteiger partial charge in [-0.15, -0.1) is 0 Å². The molecule has 1 aromatic heterocycles. The van der Waals surface area contributed by atoms with Crippen LogP contribution >= 0.6 is 0 Å². The number of hydrogen-bond donors (Lipinski definition) is 2. The fraction of sp³-hybridized carbons (Fsp3) is 0.400. The van der Waals surface area contributed by atoms with Gasteiger partial charge in [-0.3, -0.25) is 24.3 Å². The summed E-state index contributed by atoms with van der Waals surface area (Å²) in [6, 6.07) is 12.8. The van der Waals surface area contributed by atoms with E-state index in [0.717, 1.165) is 18.4 Å². The topological polar surface area (TPSA) is 130 Å². The number of amides is 2. The Morgan fingerprint density at radius 2 is 1.91 bits per heavy atom. The summed E-state index contributed by atoms with van der Waals surface area (Å²) in [5.74, 6) is -0.519. The minimum Gasteiger partial charge on any atom is -0.444 e. The van der Waals surface area contributed by atoms with Crippen LogP contribution in [-0.4, -0.2) is 28.4 Å². The second kappa shape index (κ2) is 10.3. The number of ether oxygens (including phenoxy) is 1. The first-order valence-corrected chi connectivity index (χ1v) is 11.4. The van der Waals surface area contributed by atoms with Gasteiger partial charge in [-0.2, -0.15) is 5.26 Å². The van der Waals surface area contributed by atoms with E-state index < -0.39 is 29.6 Å². The molecule has 9 nitrogen and oxygen atoms in total. The molecule has 2 amide bonds. The summed E-state index contributed by atoms with van der Waals surface area (Å²) < 4.78 is 6.54. The number of pyridine rings is 1. The summed E-state index contributed by atoms with van der Waals surface area (Å²) in [6.45, 7) is 0.0586. The highest BCUT2D eigenvalue weighted by Gasteiger charge is 2.33. The average molecular weight is 463 g/mol. The number of aromatic nitrogens is 1. The van der Waals surface area contributed by atoms with E-state index in [2.05, 4.69) is 16.7 Å². The molecule has 0 spiro atoms. The maximum absolute atomic E-state index is 13.1. The predicted octanol–water partition coefficient (Wildman–Crippen LogP) is 2.85. The Balaban J connectivity index is 1.42. The van der Waals surface area contributed by atoms with E-state index in [1.807, 2.05) is 30.3 Å². The number of nitrogens with one attached hydrogen (secondary N) is 2. The number of carbonyl (C=O) groups excluding carboxylic acids is 3. The van der Waals surface area contributed by atoms with Gasteiger partial charge in [0.25, 0.3) is 5.56 Å². The number of rotatable bonds is 7. The van der Waals surface area contributed by atoms with Crippen LogP contribution in [0.25, 0.3) is 0 Å². The van der Waals surface area contributed by atoms with Crippen molar-refractivity contribution < 1.29 is 19.1 Å². The summed E-state index contributed by atoms with van der Waals surface area (Å²) in [4.78, 5) is 50.1. The van der Waals surface area contributed by atoms with E-state index in [-0.39, 0.29) is 30.4 Å². The number of hydrogen-bond acceptors (Lipinski definition) is 6. The molecule has 0 saturated heterocycles. The third kappa shape index (κ3) is 5.17. The van der Waals surface area contributed by atoms with Crippen molar-refractivity contribution in [3.05, 3.63) is 64.1 Å². The number of benzene rings is 1. The Hall–Kier alpha value is -3.93. The van der Waals surface area contributed by atoms with E-state index in [1.165, 1.54) is 10.6 Å². The van der Waals surface area contributed by atoms with Gasteiger partial charge in [0.15, 0.2) is 0 Å². The molecule has 0 bridgehead atoms. The largest absolute Gasteiger partial charge is 0.444 e. The van der Waals surface area contributed by atoms with Crippen LogP contribution in [0.3, 0.4) is 0 Å². The third-order valence-electron chi connectivity index (χ3n) is 6.36. The summed E-state index contributed by atoms with van der Waals surface area (Å²) in [5.41, 5.74) is 0.987. The van der Waals surface area contributed by atoms with Crippen LogP contribution < -0.4 is 16.2 Å². The number of fused-ring (bicyclic) bond motifs is 1. The number of aryl methyl sites for hydroxylation is 1. The molecular formula is C25H26N4O5. The van der Waals surface area contributed by atoms with Crippen molar-refractivity contribution in [3.8, 4) is 6.07 Å². The van der Waals surface area contributed by atoms with Crippen molar-refractivity contribution in [2.45, 2.75) is 57.2 Å². The van der Waals surface area contributed by atoms with E-state index in [9.17, 15) is 24.4 Å². The number of anilines is 1. The Morgan fingerprint density at radius 1 is 1.12 bits per heavy atom. The molecule has 1 aromatic carbocycles. The van der Waals surface area contributed by atoms with Gasteiger partial charge in [0.1, 0.15) is 30.2 Å². The van der Waals surface area contributed by atoms with Crippen LogP contribution in [0.5, 0.6) is 0 Å². The quantitative estimate of drug-likeness (QED) is 0.651. The SMILES string of the molecule is N#CC(CC1CCCC1=O)NC(=O)C1CCc2ccc(NC(=O)OCc3ccccc3)c(=O)n21. The average Bonchev–Trinajstić information content (AvgIpc) is 3.46. The zero-order valence-corrected chi connectivity index (χ0v) is 18.7. The highest BCUT2D eigenvalue weighted by atomic mass is 16.5. The first-order valence-electron chi connectivity index (χ1n) is 11.4. The normalized spacial score (nSPS) is 19.7. The molecule has 9 heteroatoms. The molecule has 1 fully saturated rings. The molecule has 2 aliphatic rings. The van der Waals surface area contributed by atoms with Crippen molar-refractivity contribution in [1.29, 1.82) is 5.26 Å². The summed E-state index contributed by atoms with van der Waals surface area (Å²) in [6.07, 6.45) is 2.49. The van der Waals surface area contributed by atoms with E-state index in [0.29, 0.717) is 25.0 Å². The number of carbonyl (C=O) groups is 3. The molecular weight excluding hydrogens is 436 g/mol. The van der Waals surface area contributed by atoms with E-state index >= 15 is 0 Å². The van der Waals surface area contributed by atoms with Crippen molar-refractivity contribution >= 4 is 23.5 Å². The predicted molar refractivity (Wildman–Crippen MR) is 123 cm³/mol. The molecule has 2 heterocycles. The molecule has 2 aromatic rings. The summed E-state index contributed by atoms with van der Waals surface area (Å²) in [5, 5.41) is 14.6. The second-order valence-electron chi connectivity index (χ2n) is 8.64. The van der Waals surface area contributed by atoms with Crippen LogP contribution in [0.1, 0.15) is 49.4 Å². The molecule has 3 unspecified atom stereocenters. The van der Waals surface area contributed by atoms with Gasteiger partial charge < -0.3 is 10.1 Å². The lowest BCUT2D eigenvalue weighted by Crippen LogP contribution is -2.42. The van der Waals surface area contributed by atoms with Gasteiger partial charge >= 0.3 is 6.09 Å². The lowest BCUT2D eigenvalue weighted by Gasteiger charge is -2.19. The Labute approximate surface area is 196 Å². The maximum atomic E-state index is 13.1. The molecule has 1 aliphatic heterocycles. The Kier molecular flexibility index (Phi) is 7.07. The summed E-state index contributed by atoms with van der Waals surface area (Å²) >= 11 is 0. The molecule has 1 aliphatic carbocycles. The lowest BCUT2D eigenvalue weighted by molar-refractivity contribution is -0.125. The third-order valence-corrected chi connectivity index (χ3v) is 6.36. The van der Waals surface area contributed by atoms with Crippen molar-refractivity contribution in [2.75, 3.05) is 5.32 Å². The van der Waals surface area contributed by atoms with Crippen LogP contribution in [0.4, 0.5) is 10.5 Å². The Morgan fingerprint density at radius 3 is 2.62 bits per heavy atom. The molecule has 34 heavy (non-hydrogen) atoms. The first-order chi connectivity index (χ1) is 16.5. The number of ketones is 1. The van der Waals surface area contributed by atoms with Crippen molar-refractivity contribution in [1.82, 2.24) is 9.88 Å². The van der Waals surface area contributed by atoms with Crippen molar-refractivity contribution in [3.63, 3.8) is 0 Å². The molecule has 1 saturated carbocycles. The molecule has 176 valence electrons. The second-order valence-corrected chi connectivity index (χ2v) is 8.64. The standard InChI is InChI=1S/C25H26N4O5/c26-14-18(13-17-7-4-8-22(17)30)27-23(31)21-12-10-19-9-11-20(24(32)29(19)21)28-25(33)34-15-16-5-2-1-3-6-16/h1-3,5-6,9,11,17-18,21H,4,7-8,10,12-13,15H2,(H,27,31)(H,28,33). The van der Waals surface area contributed by atoms with Gasteiger partial charge in [-0.1, -0.05) is 30.3 Å². The zero-order chi connectivity index (χ0) is 24.1. The minimum absolute atomic E-state index is 0.00916. The maximum Gasteiger partial charge on any atom is 0.412 e. The monoisotopic (exact) mass is 462 g/mol. The lowest BCUT2D eigenvalue weighted by atomic mass is 9.98. The summed E-state index contributed by atoms with van der Waals surface area (Å²) in [7, 11) is 0. The van der Waals surface area contributed by atoms with Gasteiger partial charge in [0.05, 0.1) is 6.07 Å². The molecule has 3 atom stereocenters. The molecule has 4 rings (SSSR count). The fourth-order valence-electron chi connectivity index (χ4n) is 4.60. The van der Waals surface area contributed by atoms with Crippen LogP contribution in [-0.2, 0) is 27.4 Å². The number of nitriles is 1. The fourth-order valence-corrected chi connectivity index (χ4v) is 4.60. The first kappa shape index (κ1) is 23.2. The van der Waals surface area contributed by atoms with E-state index in [1.54, 1.807) is 6.07 Å². The highest BCUT2D eigenvalue weighted by molar-refractivity contribution is 5.85. The molecule has 2 N–H and O–H groups in total. The zero-order valence-electron chi connectivity index (χ0n) is 18.7. The van der Waals surface area contributed by atoms with Gasteiger partial charge in [0, 0.05) is 18.0 Å². The van der Waals surface area contributed by atoms with Crippen LogP contribution in [0, 0.1) is 17.2 Å². The van der Waals surface area contributed by atoms with Crippen LogP contribution in [0.15, 0.2) is 47.3 Å². The van der Waals surface area contributed by atoms with E-state index in [4.69, 9.17) is 4.74 Å². The Bertz CT molecular complexity index is 1180. The van der Waals surface area contributed by atoms with Gasteiger partial charge in [-0.05, 0) is 49.8 Å².